The SMILES string of the molecule is COc1ccc(CCC(=O)N(C)CC(=O)Nc2c(C)cc(C)cc2C)c(OC)c1OC. The smallest absolute Gasteiger partial charge is 0.243 e. The van der Waals surface area contributed by atoms with Crippen LogP contribution in [0.2, 0.25) is 0 Å². The monoisotopic (exact) mass is 428 g/mol. The Kier molecular flexibility index (Phi) is 8.30. The Bertz CT molecular complexity index is 932. The van der Waals surface area contributed by atoms with Gasteiger partial charge in [0.25, 0.3) is 0 Å². The van der Waals surface area contributed by atoms with E-state index in [-0.39, 0.29) is 24.8 Å². The van der Waals surface area contributed by atoms with Gasteiger partial charge < -0.3 is 24.4 Å². The Labute approximate surface area is 184 Å². The number of aryl methyl sites for hydroxylation is 4. The normalized spacial score (nSPS) is 10.4. The van der Waals surface area contributed by atoms with Gasteiger partial charge >= 0.3 is 0 Å². The quantitative estimate of drug-likeness (QED) is 0.660. The molecule has 2 amide bonds. The number of hydrogen-bond acceptors (Lipinski definition) is 5. The van der Waals surface area contributed by atoms with E-state index in [1.165, 1.54) is 4.90 Å². The summed E-state index contributed by atoms with van der Waals surface area (Å²) in [6.07, 6.45) is 0.683. The molecule has 0 aromatic heterocycles. The zero-order valence-corrected chi connectivity index (χ0v) is 19.4. The molecule has 7 nitrogen and oxygen atoms in total. The molecule has 0 heterocycles. The fraction of sp³-hybridized carbons (Fsp3) is 0.417. The largest absolute Gasteiger partial charge is 0.493 e. The van der Waals surface area contributed by atoms with Crippen molar-refractivity contribution in [2.45, 2.75) is 33.6 Å². The van der Waals surface area contributed by atoms with Crippen LogP contribution < -0.4 is 19.5 Å². The molecule has 0 aliphatic rings. The number of methoxy groups -OCH3 is 3. The van der Waals surface area contributed by atoms with Crippen LogP contribution in [0.15, 0.2) is 24.3 Å². The van der Waals surface area contributed by atoms with Crippen molar-refractivity contribution in [3.63, 3.8) is 0 Å². The number of carbonyl (C=O) groups excluding carboxylic acids is 2. The molecule has 7 heteroatoms. The van der Waals surface area contributed by atoms with Gasteiger partial charge in [-0.2, -0.15) is 0 Å². The number of amides is 2. The Morgan fingerprint density at radius 1 is 0.935 bits per heavy atom. The maximum atomic E-state index is 12.6. The average molecular weight is 429 g/mol. The predicted molar refractivity (Wildman–Crippen MR) is 121 cm³/mol. The first kappa shape index (κ1) is 24.1. The number of anilines is 1. The Morgan fingerprint density at radius 3 is 2.10 bits per heavy atom. The summed E-state index contributed by atoms with van der Waals surface area (Å²) in [5.74, 6) is 1.23. The van der Waals surface area contributed by atoms with Crippen LogP contribution >= 0.6 is 0 Å². The molecule has 31 heavy (non-hydrogen) atoms. The van der Waals surface area contributed by atoms with Crippen LogP contribution in [0.1, 0.15) is 28.7 Å². The molecule has 2 aromatic rings. The van der Waals surface area contributed by atoms with Crippen molar-refractivity contribution in [1.82, 2.24) is 4.90 Å². The Morgan fingerprint density at radius 2 is 1.55 bits per heavy atom. The predicted octanol–water partition coefficient (Wildman–Crippen LogP) is 3.67. The Hall–Kier alpha value is -3.22. The third-order valence-electron chi connectivity index (χ3n) is 5.14. The van der Waals surface area contributed by atoms with Crippen LogP contribution in [0, 0.1) is 20.8 Å². The molecule has 0 saturated heterocycles. The second kappa shape index (κ2) is 10.7. The van der Waals surface area contributed by atoms with E-state index in [9.17, 15) is 9.59 Å². The van der Waals surface area contributed by atoms with E-state index in [1.54, 1.807) is 34.4 Å². The molecule has 0 spiro atoms. The van der Waals surface area contributed by atoms with E-state index in [4.69, 9.17) is 14.2 Å². The van der Waals surface area contributed by atoms with Gasteiger partial charge in [0.15, 0.2) is 11.5 Å². The molecule has 0 bridgehead atoms. The second-order valence-corrected chi connectivity index (χ2v) is 7.57. The van der Waals surface area contributed by atoms with Crippen molar-refractivity contribution in [2.75, 3.05) is 40.2 Å². The topological polar surface area (TPSA) is 77.1 Å². The molecule has 0 unspecified atom stereocenters. The molecule has 2 aromatic carbocycles. The van der Waals surface area contributed by atoms with Gasteiger partial charge in [-0.15, -0.1) is 0 Å². The Balaban J connectivity index is 2.00. The van der Waals surface area contributed by atoms with Gasteiger partial charge in [0.2, 0.25) is 17.6 Å². The van der Waals surface area contributed by atoms with E-state index in [2.05, 4.69) is 5.32 Å². The van der Waals surface area contributed by atoms with Crippen molar-refractivity contribution in [3.8, 4) is 17.2 Å². The minimum absolute atomic E-state index is 0.0192. The summed E-state index contributed by atoms with van der Waals surface area (Å²) in [7, 11) is 6.27. The highest BCUT2D eigenvalue weighted by atomic mass is 16.5. The van der Waals surface area contributed by atoms with Gasteiger partial charge in [0.1, 0.15) is 0 Å². The molecule has 0 aliphatic heterocycles. The van der Waals surface area contributed by atoms with Crippen molar-refractivity contribution in [3.05, 3.63) is 46.5 Å². The summed E-state index contributed by atoms with van der Waals surface area (Å²) in [5, 5.41) is 2.93. The van der Waals surface area contributed by atoms with Crippen molar-refractivity contribution in [2.24, 2.45) is 0 Å². The van der Waals surface area contributed by atoms with Gasteiger partial charge in [-0.05, 0) is 49.9 Å². The highest BCUT2D eigenvalue weighted by molar-refractivity contribution is 5.95. The van der Waals surface area contributed by atoms with Gasteiger partial charge in [-0.1, -0.05) is 23.8 Å². The minimum Gasteiger partial charge on any atom is -0.493 e. The molecule has 0 saturated carbocycles. The lowest BCUT2D eigenvalue weighted by Crippen LogP contribution is -2.35. The van der Waals surface area contributed by atoms with Gasteiger partial charge in [0.05, 0.1) is 27.9 Å². The van der Waals surface area contributed by atoms with Crippen molar-refractivity contribution >= 4 is 17.5 Å². The number of nitrogens with one attached hydrogen (secondary N) is 1. The van der Waals surface area contributed by atoms with Crippen LogP contribution in [0.5, 0.6) is 17.2 Å². The third kappa shape index (κ3) is 5.90. The number of nitrogens with zero attached hydrogens (tertiary/aromatic N) is 1. The molecule has 1 N–H and O–H groups in total. The zero-order valence-electron chi connectivity index (χ0n) is 19.4. The van der Waals surface area contributed by atoms with Crippen LogP contribution in [-0.4, -0.2) is 51.6 Å². The summed E-state index contributed by atoms with van der Waals surface area (Å²) in [4.78, 5) is 26.5. The molecule has 168 valence electrons. The summed E-state index contributed by atoms with van der Waals surface area (Å²) < 4.78 is 16.1. The first-order valence-corrected chi connectivity index (χ1v) is 10.1. The molecule has 2 rings (SSSR count). The van der Waals surface area contributed by atoms with Gasteiger partial charge in [-0.25, -0.2) is 0 Å². The average Bonchev–Trinajstić information content (AvgIpc) is 2.73. The zero-order chi connectivity index (χ0) is 23.1. The van der Waals surface area contributed by atoms with Gasteiger partial charge in [-0.3, -0.25) is 9.59 Å². The van der Waals surface area contributed by atoms with E-state index in [1.807, 2.05) is 39.0 Å². The first-order valence-electron chi connectivity index (χ1n) is 10.1. The van der Waals surface area contributed by atoms with E-state index in [0.717, 1.165) is 27.9 Å². The summed E-state index contributed by atoms with van der Waals surface area (Å²) in [5.41, 5.74) is 4.77. The van der Waals surface area contributed by atoms with Crippen LogP contribution in [0.25, 0.3) is 0 Å². The number of hydrogen-bond donors (Lipinski definition) is 1. The van der Waals surface area contributed by atoms with Crippen LogP contribution in [-0.2, 0) is 16.0 Å². The second-order valence-electron chi connectivity index (χ2n) is 7.57. The van der Waals surface area contributed by atoms with Crippen LogP contribution in [0.4, 0.5) is 5.69 Å². The molecule has 0 fully saturated rings. The standard InChI is InChI=1S/C24H32N2O5/c1-15-12-16(2)22(17(3)13-15)25-20(27)14-26(4)21(28)11-9-18-8-10-19(29-5)24(31-7)23(18)30-6/h8,10,12-13H,9,11,14H2,1-7H3,(H,25,27). The number of ether oxygens (including phenoxy) is 3. The van der Waals surface area contributed by atoms with E-state index < -0.39 is 0 Å². The van der Waals surface area contributed by atoms with Gasteiger partial charge in [0, 0.05) is 19.2 Å². The number of benzene rings is 2. The maximum Gasteiger partial charge on any atom is 0.243 e. The summed E-state index contributed by atoms with van der Waals surface area (Å²) in [6.45, 7) is 5.92. The number of carbonyl (C=O) groups is 2. The molecule has 0 atom stereocenters. The lowest BCUT2D eigenvalue weighted by Gasteiger charge is -2.19. The lowest BCUT2D eigenvalue weighted by molar-refractivity contribution is -0.133. The highest BCUT2D eigenvalue weighted by Crippen LogP contribution is 2.40. The van der Waals surface area contributed by atoms with E-state index >= 15 is 0 Å². The fourth-order valence-corrected chi connectivity index (χ4v) is 3.65. The van der Waals surface area contributed by atoms with Crippen molar-refractivity contribution < 1.29 is 23.8 Å². The third-order valence-corrected chi connectivity index (χ3v) is 5.14. The number of likely N-dealkylation sites (N-methyl/N-ethyl adjacent to an activating group) is 1. The fourth-order valence-electron chi connectivity index (χ4n) is 3.65. The minimum atomic E-state index is -0.227. The highest BCUT2D eigenvalue weighted by Gasteiger charge is 2.19. The molecule has 0 radical (unpaired) electrons. The summed E-state index contributed by atoms with van der Waals surface area (Å²) in [6, 6.07) is 7.68. The number of rotatable bonds is 9. The van der Waals surface area contributed by atoms with Crippen molar-refractivity contribution in [1.29, 1.82) is 0 Å². The van der Waals surface area contributed by atoms with Crippen LogP contribution in [0.3, 0.4) is 0 Å². The summed E-state index contributed by atoms with van der Waals surface area (Å²) >= 11 is 0. The maximum absolute atomic E-state index is 12.6. The first-order chi connectivity index (χ1) is 14.7. The lowest BCUT2D eigenvalue weighted by atomic mass is 10.1. The van der Waals surface area contributed by atoms with E-state index in [0.29, 0.717) is 23.7 Å². The molecule has 0 aliphatic carbocycles. The molecular formula is C24H32N2O5. The molecular weight excluding hydrogens is 396 g/mol.